The van der Waals surface area contributed by atoms with Crippen molar-refractivity contribution in [2.24, 2.45) is 0 Å². The lowest BCUT2D eigenvalue weighted by Gasteiger charge is -2.08. The highest BCUT2D eigenvalue weighted by Gasteiger charge is 2.07. The quantitative estimate of drug-likeness (QED) is 0.496. The molecular formula is C24H19N3O2. The van der Waals surface area contributed by atoms with Crippen molar-refractivity contribution in [3.05, 3.63) is 103 Å². The molecule has 0 aliphatic carbocycles. The van der Waals surface area contributed by atoms with Crippen LogP contribution in [0.2, 0.25) is 0 Å². The monoisotopic (exact) mass is 381 g/mol. The zero-order valence-corrected chi connectivity index (χ0v) is 15.9. The predicted molar refractivity (Wildman–Crippen MR) is 113 cm³/mol. The van der Waals surface area contributed by atoms with Crippen LogP contribution in [-0.4, -0.2) is 15.9 Å². The number of carbonyl (C=O) groups is 1. The second kappa shape index (κ2) is 8.35. The topological polar surface area (TPSA) is 64.1 Å². The molecule has 3 aromatic carbocycles. The third-order valence-electron chi connectivity index (χ3n) is 4.31. The van der Waals surface area contributed by atoms with Crippen LogP contribution in [0.15, 0.2) is 91.1 Å². The van der Waals surface area contributed by atoms with Crippen molar-refractivity contribution in [2.45, 2.75) is 6.92 Å². The summed E-state index contributed by atoms with van der Waals surface area (Å²) < 4.78 is 5.75. The third kappa shape index (κ3) is 4.65. The lowest BCUT2D eigenvalue weighted by molar-refractivity contribution is 0.102. The van der Waals surface area contributed by atoms with Crippen LogP contribution in [0, 0.1) is 6.92 Å². The van der Waals surface area contributed by atoms with Gasteiger partial charge in [-0.15, -0.1) is 0 Å². The highest BCUT2D eigenvalue weighted by Crippen LogP contribution is 2.22. The van der Waals surface area contributed by atoms with Gasteiger partial charge in [-0.2, -0.15) is 0 Å². The van der Waals surface area contributed by atoms with Gasteiger partial charge in [0, 0.05) is 23.0 Å². The predicted octanol–water partition coefficient (Wildman–Crippen LogP) is 5.50. The molecule has 142 valence electrons. The Morgan fingerprint density at radius 3 is 2.21 bits per heavy atom. The number of hydrogen-bond donors (Lipinski definition) is 1. The van der Waals surface area contributed by atoms with Crippen LogP contribution in [0.1, 0.15) is 16.2 Å². The first-order chi connectivity index (χ1) is 14.2. The Hall–Kier alpha value is -3.99. The first-order valence-corrected chi connectivity index (χ1v) is 9.22. The van der Waals surface area contributed by atoms with Crippen molar-refractivity contribution < 1.29 is 9.53 Å². The molecule has 0 radical (unpaired) electrons. The summed E-state index contributed by atoms with van der Waals surface area (Å²) in [5.74, 6) is 1.97. The summed E-state index contributed by atoms with van der Waals surface area (Å²) in [6.45, 7) is 1.86. The maximum Gasteiger partial charge on any atom is 0.255 e. The summed E-state index contributed by atoms with van der Waals surface area (Å²) in [5, 5.41) is 2.90. The van der Waals surface area contributed by atoms with Crippen LogP contribution in [0.25, 0.3) is 11.3 Å². The van der Waals surface area contributed by atoms with Crippen molar-refractivity contribution in [2.75, 3.05) is 5.32 Å². The Bertz CT molecular complexity index is 1110. The molecule has 1 N–H and O–H groups in total. The van der Waals surface area contributed by atoms with Crippen molar-refractivity contribution in [3.63, 3.8) is 0 Å². The van der Waals surface area contributed by atoms with Gasteiger partial charge in [-0.25, -0.2) is 9.97 Å². The zero-order chi connectivity index (χ0) is 20.1. The molecule has 0 spiro atoms. The summed E-state index contributed by atoms with van der Waals surface area (Å²) in [4.78, 5) is 21.0. The van der Waals surface area contributed by atoms with Gasteiger partial charge >= 0.3 is 0 Å². The Morgan fingerprint density at radius 1 is 0.828 bits per heavy atom. The SMILES string of the molecule is Cc1nccc(-c2ccc(NC(=O)c3ccc(Oc4ccccc4)cc3)cc2)n1. The number of benzene rings is 3. The van der Waals surface area contributed by atoms with E-state index < -0.39 is 0 Å². The van der Waals surface area contributed by atoms with E-state index in [1.807, 2.05) is 67.6 Å². The molecule has 5 nitrogen and oxygen atoms in total. The molecule has 0 fully saturated rings. The molecule has 0 unspecified atom stereocenters. The van der Waals surface area contributed by atoms with E-state index in [1.165, 1.54) is 0 Å². The maximum atomic E-state index is 12.5. The minimum absolute atomic E-state index is 0.179. The molecule has 29 heavy (non-hydrogen) atoms. The summed E-state index contributed by atoms with van der Waals surface area (Å²) >= 11 is 0. The Labute approximate surface area is 169 Å². The standard InChI is InChI=1S/C24H19N3O2/c1-17-25-16-15-23(26-17)18-7-11-20(12-8-18)27-24(28)19-9-13-22(14-10-19)29-21-5-3-2-4-6-21/h2-16H,1H3,(H,27,28). The number of aromatic nitrogens is 2. The van der Waals surface area contributed by atoms with Gasteiger partial charge in [0.25, 0.3) is 5.91 Å². The van der Waals surface area contributed by atoms with Crippen LogP contribution < -0.4 is 10.1 Å². The molecule has 0 saturated heterocycles. The number of rotatable bonds is 5. The minimum atomic E-state index is -0.179. The van der Waals surface area contributed by atoms with Crippen LogP contribution >= 0.6 is 0 Å². The second-order valence-electron chi connectivity index (χ2n) is 6.46. The van der Waals surface area contributed by atoms with Gasteiger partial charge in [-0.3, -0.25) is 4.79 Å². The van der Waals surface area contributed by atoms with Gasteiger partial charge in [-0.05, 0) is 61.5 Å². The van der Waals surface area contributed by atoms with Gasteiger partial charge in [-0.1, -0.05) is 30.3 Å². The number of ether oxygens (including phenoxy) is 1. The molecule has 1 amide bonds. The molecule has 0 aliphatic heterocycles. The fourth-order valence-electron chi connectivity index (χ4n) is 2.84. The van der Waals surface area contributed by atoms with Crippen molar-refractivity contribution in [1.82, 2.24) is 9.97 Å². The van der Waals surface area contributed by atoms with Crippen LogP contribution in [-0.2, 0) is 0 Å². The van der Waals surface area contributed by atoms with Crippen LogP contribution in [0.3, 0.4) is 0 Å². The fraction of sp³-hybridized carbons (Fsp3) is 0.0417. The number of amides is 1. The molecule has 4 aromatic rings. The number of aryl methyl sites for hydroxylation is 1. The van der Waals surface area contributed by atoms with E-state index >= 15 is 0 Å². The summed E-state index contributed by atoms with van der Waals surface area (Å²) in [6, 6.07) is 26.0. The number of para-hydroxylation sites is 1. The largest absolute Gasteiger partial charge is 0.457 e. The molecule has 1 aromatic heterocycles. The Morgan fingerprint density at radius 2 is 1.52 bits per heavy atom. The first-order valence-electron chi connectivity index (χ1n) is 9.22. The van der Waals surface area contributed by atoms with E-state index in [1.54, 1.807) is 30.5 Å². The number of nitrogens with zero attached hydrogens (tertiary/aromatic N) is 2. The van der Waals surface area contributed by atoms with Crippen molar-refractivity contribution in [1.29, 1.82) is 0 Å². The van der Waals surface area contributed by atoms with Crippen LogP contribution in [0.5, 0.6) is 11.5 Å². The van der Waals surface area contributed by atoms with Gasteiger partial charge in [0.2, 0.25) is 0 Å². The van der Waals surface area contributed by atoms with Crippen molar-refractivity contribution in [3.8, 4) is 22.8 Å². The molecule has 4 rings (SSSR count). The molecule has 1 heterocycles. The molecule has 5 heteroatoms. The normalized spacial score (nSPS) is 10.4. The third-order valence-corrected chi connectivity index (χ3v) is 4.31. The lowest BCUT2D eigenvalue weighted by atomic mass is 10.1. The fourth-order valence-corrected chi connectivity index (χ4v) is 2.84. The van der Waals surface area contributed by atoms with Gasteiger partial charge in [0.05, 0.1) is 5.69 Å². The van der Waals surface area contributed by atoms with Gasteiger partial charge in [0.15, 0.2) is 0 Å². The maximum absolute atomic E-state index is 12.5. The number of anilines is 1. The molecular weight excluding hydrogens is 362 g/mol. The Kier molecular flexibility index (Phi) is 5.29. The van der Waals surface area contributed by atoms with E-state index in [0.717, 1.165) is 22.8 Å². The molecule has 0 atom stereocenters. The van der Waals surface area contributed by atoms with Crippen molar-refractivity contribution >= 4 is 11.6 Å². The Balaban J connectivity index is 1.41. The average Bonchev–Trinajstić information content (AvgIpc) is 2.75. The number of carbonyl (C=O) groups excluding carboxylic acids is 1. The minimum Gasteiger partial charge on any atom is -0.457 e. The number of hydrogen-bond acceptors (Lipinski definition) is 4. The number of nitrogens with one attached hydrogen (secondary N) is 1. The smallest absolute Gasteiger partial charge is 0.255 e. The van der Waals surface area contributed by atoms with Crippen LogP contribution in [0.4, 0.5) is 5.69 Å². The summed E-state index contributed by atoms with van der Waals surface area (Å²) in [5.41, 5.74) is 3.09. The zero-order valence-electron chi connectivity index (χ0n) is 15.9. The molecule has 0 aliphatic rings. The highest BCUT2D eigenvalue weighted by molar-refractivity contribution is 6.04. The van der Waals surface area contributed by atoms with E-state index in [2.05, 4.69) is 15.3 Å². The summed E-state index contributed by atoms with van der Waals surface area (Å²) in [7, 11) is 0. The first kappa shape index (κ1) is 18.4. The van der Waals surface area contributed by atoms with Gasteiger partial charge in [0.1, 0.15) is 17.3 Å². The molecule has 0 saturated carbocycles. The van der Waals surface area contributed by atoms with Gasteiger partial charge < -0.3 is 10.1 Å². The summed E-state index contributed by atoms with van der Waals surface area (Å²) in [6.07, 6.45) is 1.73. The molecule has 0 bridgehead atoms. The van der Waals surface area contributed by atoms with E-state index in [0.29, 0.717) is 17.0 Å². The van der Waals surface area contributed by atoms with E-state index in [-0.39, 0.29) is 5.91 Å². The second-order valence-corrected chi connectivity index (χ2v) is 6.46. The lowest BCUT2D eigenvalue weighted by Crippen LogP contribution is -2.11. The van der Waals surface area contributed by atoms with E-state index in [9.17, 15) is 4.79 Å². The highest BCUT2D eigenvalue weighted by atomic mass is 16.5. The van der Waals surface area contributed by atoms with E-state index in [4.69, 9.17) is 4.74 Å². The average molecular weight is 381 g/mol.